The maximum absolute atomic E-state index is 12.7. The summed E-state index contributed by atoms with van der Waals surface area (Å²) < 4.78 is 25.3. The molecule has 0 radical (unpaired) electrons. The van der Waals surface area contributed by atoms with Crippen LogP contribution in [0.3, 0.4) is 0 Å². The van der Waals surface area contributed by atoms with E-state index in [9.17, 15) is 8.78 Å². The molecule has 2 heteroatoms. The lowest BCUT2D eigenvalue weighted by atomic mass is 9.83. The topological polar surface area (TPSA) is 0 Å². The smallest absolute Gasteiger partial charge is 0.201 e. The van der Waals surface area contributed by atoms with Crippen molar-refractivity contribution in [1.29, 1.82) is 0 Å². The standard InChI is InChI=1S/C9H8F2/c1-6-2-3-8-7(4-6)5-9(8,10)11/h2-4H,5H2,1H3. The van der Waals surface area contributed by atoms with Gasteiger partial charge in [0.1, 0.15) is 0 Å². The van der Waals surface area contributed by atoms with Crippen LogP contribution in [-0.2, 0) is 12.3 Å². The molecule has 0 aromatic heterocycles. The van der Waals surface area contributed by atoms with E-state index in [1.807, 2.05) is 13.0 Å². The number of benzene rings is 1. The minimum Gasteiger partial charge on any atom is -0.201 e. The van der Waals surface area contributed by atoms with Gasteiger partial charge in [-0.15, -0.1) is 0 Å². The van der Waals surface area contributed by atoms with E-state index in [1.165, 1.54) is 6.07 Å². The Labute approximate surface area is 63.9 Å². The first-order chi connectivity index (χ1) is 5.09. The maximum atomic E-state index is 12.7. The van der Waals surface area contributed by atoms with E-state index in [4.69, 9.17) is 0 Å². The average Bonchev–Trinajstić information content (AvgIpc) is 1.85. The first-order valence-electron chi connectivity index (χ1n) is 3.57. The highest BCUT2D eigenvalue weighted by Crippen LogP contribution is 2.43. The molecule has 1 aliphatic carbocycles. The largest absolute Gasteiger partial charge is 0.277 e. The van der Waals surface area contributed by atoms with E-state index in [-0.39, 0.29) is 12.0 Å². The monoisotopic (exact) mass is 154 g/mol. The lowest BCUT2D eigenvalue weighted by molar-refractivity contribution is -0.0287. The summed E-state index contributed by atoms with van der Waals surface area (Å²) in [6.07, 6.45) is -0.0794. The average molecular weight is 154 g/mol. The third kappa shape index (κ3) is 0.854. The molecule has 1 aliphatic rings. The molecule has 0 saturated heterocycles. The fourth-order valence-electron chi connectivity index (χ4n) is 1.45. The van der Waals surface area contributed by atoms with Gasteiger partial charge in [-0.1, -0.05) is 23.8 Å². The Bertz CT molecular complexity index is 302. The predicted molar refractivity (Wildman–Crippen MR) is 38.8 cm³/mol. The van der Waals surface area contributed by atoms with Crippen molar-refractivity contribution in [3.63, 3.8) is 0 Å². The summed E-state index contributed by atoms with van der Waals surface area (Å²) in [6, 6.07) is 5.08. The zero-order valence-corrected chi connectivity index (χ0v) is 6.20. The number of hydrogen-bond acceptors (Lipinski definition) is 0. The van der Waals surface area contributed by atoms with Gasteiger partial charge in [-0.3, -0.25) is 0 Å². The molecular formula is C9H8F2. The summed E-state index contributed by atoms with van der Waals surface area (Å²) in [4.78, 5) is 0. The molecule has 0 N–H and O–H groups in total. The lowest BCUT2D eigenvalue weighted by Crippen LogP contribution is -2.29. The second-order valence-electron chi connectivity index (χ2n) is 3.04. The Morgan fingerprint density at radius 3 is 2.64 bits per heavy atom. The van der Waals surface area contributed by atoms with Gasteiger partial charge in [0, 0.05) is 12.0 Å². The molecule has 0 unspecified atom stereocenters. The first kappa shape index (κ1) is 6.77. The maximum Gasteiger partial charge on any atom is 0.277 e. The van der Waals surface area contributed by atoms with E-state index in [0.29, 0.717) is 0 Å². The first-order valence-corrected chi connectivity index (χ1v) is 3.57. The summed E-state index contributed by atoms with van der Waals surface area (Å²) in [6.45, 7) is 1.91. The Hall–Kier alpha value is -0.920. The number of fused-ring (bicyclic) bond motifs is 1. The number of aryl methyl sites for hydroxylation is 1. The number of rotatable bonds is 0. The normalized spacial score (nSPS) is 18.8. The quantitative estimate of drug-likeness (QED) is 0.539. The van der Waals surface area contributed by atoms with Crippen LogP contribution in [0.25, 0.3) is 0 Å². The second-order valence-corrected chi connectivity index (χ2v) is 3.04. The summed E-state index contributed by atoms with van der Waals surface area (Å²) in [5, 5.41) is 0. The van der Waals surface area contributed by atoms with Gasteiger partial charge in [0.2, 0.25) is 0 Å². The third-order valence-corrected chi connectivity index (χ3v) is 2.07. The van der Waals surface area contributed by atoms with Crippen LogP contribution in [0.4, 0.5) is 8.78 Å². The molecule has 0 bridgehead atoms. The zero-order chi connectivity index (χ0) is 8.06. The van der Waals surface area contributed by atoms with Gasteiger partial charge in [-0.05, 0) is 12.5 Å². The molecule has 0 atom stereocenters. The highest BCUT2D eigenvalue weighted by atomic mass is 19.3. The zero-order valence-electron chi connectivity index (χ0n) is 6.20. The lowest BCUT2D eigenvalue weighted by Gasteiger charge is -2.29. The van der Waals surface area contributed by atoms with Gasteiger partial charge in [-0.2, -0.15) is 0 Å². The molecule has 0 aliphatic heterocycles. The molecule has 0 spiro atoms. The van der Waals surface area contributed by atoms with Crippen LogP contribution in [-0.4, -0.2) is 0 Å². The van der Waals surface area contributed by atoms with E-state index in [0.717, 1.165) is 11.1 Å². The minimum absolute atomic E-state index is 0.0794. The van der Waals surface area contributed by atoms with Crippen LogP contribution in [0.2, 0.25) is 0 Å². The molecule has 1 aromatic rings. The van der Waals surface area contributed by atoms with Crippen molar-refractivity contribution in [2.75, 3.05) is 0 Å². The fourth-order valence-corrected chi connectivity index (χ4v) is 1.45. The molecule has 0 fully saturated rings. The Morgan fingerprint density at radius 2 is 2.09 bits per heavy atom. The Balaban J connectivity index is 2.51. The highest BCUT2D eigenvalue weighted by Gasteiger charge is 2.43. The molecule has 2 rings (SSSR count). The predicted octanol–water partition coefficient (Wildman–Crippen LogP) is 2.64. The van der Waals surface area contributed by atoms with E-state index < -0.39 is 5.92 Å². The van der Waals surface area contributed by atoms with Crippen LogP contribution >= 0.6 is 0 Å². The van der Waals surface area contributed by atoms with Gasteiger partial charge in [0.15, 0.2) is 0 Å². The summed E-state index contributed by atoms with van der Waals surface area (Å²) >= 11 is 0. The van der Waals surface area contributed by atoms with Crippen molar-refractivity contribution in [3.05, 3.63) is 34.9 Å². The Kier molecular flexibility index (Phi) is 1.12. The summed E-state index contributed by atoms with van der Waals surface area (Å²) in [5.74, 6) is -2.55. The number of hydrogen-bond donors (Lipinski definition) is 0. The molecule has 0 nitrogen and oxygen atoms in total. The van der Waals surface area contributed by atoms with Crippen molar-refractivity contribution in [2.24, 2.45) is 0 Å². The van der Waals surface area contributed by atoms with Gasteiger partial charge in [-0.25, -0.2) is 8.78 Å². The molecule has 11 heavy (non-hydrogen) atoms. The molecule has 0 heterocycles. The second kappa shape index (κ2) is 1.81. The van der Waals surface area contributed by atoms with E-state index in [2.05, 4.69) is 0 Å². The van der Waals surface area contributed by atoms with Crippen LogP contribution in [0.5, 0.6) is 0 Å². The van der Waals surface area contributed by atoms with Crippen molar-refractivity contribution < 1.29 is 8.78 Å². The van der Waals surface area contributed by atoms with Crippen LogP contribution in [0.1, 0.15) is 16.7 Å². The van der Waals surface area contributed by atoms with Crippen LogP contribution in [0, 0.1) is 6.92 Å². The van der Waals surface area contributed by atoms with Crippen LogP contribution in [0.15, 0.2) is 18.2 Å². The minimum atomic E-state index is -2.55. The van der Waals surface area contributed by atoms with Crippen molar-refractivity contribution in [3.8, 4) is 0 Å². The number of alkyl halides is 2. The van der Waals surface area contributed by atoms with Crippen molar-refractivity contribution in [2.45, 2.75) is 19.3 Å². The molecular weight excluding hydrogens is 146 g/mol. The summed E-state index contributed by atoms with van der Waals surface area (Å²) in [7, 11) is 0. The number of halogens is 2. The summed E-state index contributed by atoms with van der Waals surface area (Å²) in [5.41, 5.74) is 2.07. The fraction of sp³-hybridized carbons (Fsp3) is 0.333. The van der Waals surface area contributed by atoms with Gasteiger partial charge >= 0.3 is 0 Å². The SMILES string of the molecule is Cc1ccc2c(c1)CC2(F)F. The van der Waals surface area contributed by atoms with Gasteiger partial charge < -0.3 is 0 Å². The van der Waals surface area contributed by atoms with Crippen molar-refractivity contribution >= 4 is 0 Å². The molecule has 0 amide bonds. The molecule has 58 valence electrons. The van der Waals surface area contributed by atoms with E-state index >= 15 is 0 Å². The van der Waals surface area contributed by atoms with Crippen molar-refractivity contribution in [1.82, 2.24) is 0 Å². The Morgan fingerprint density at radius 1 is 1.36 bits per heavy atom. The molecule has 1 aromatic carbocycles. The van der Waals surface area contributed by atoms with Crippen LogP contribution < -0.4 is 0 Å². The highest BCUT2D eigenvalue weighted by molar-refractivity contribution is 5.42. The molecule has 0 saturated carbocycles. The van der Waals surface area contributed by atoms with Gasteiger partial charge in [0.05, 0.1) is 0 Å². The third-order valence-electron chi connectivity index (χ3n) is 2.07. The van der Waals surface area contributed by atoms with Gasteiger partial charge in [0.25, 0.3) is 5.92 Å². The van der Waals surface area contributed by atoms with E-state index in [1.54, 1.807) is 6.07 Å².